The highest BCUT2D eigenvalue weighted by Gasteiger charge is 2.31. The molecule has 1 aromatic carbocycles. The second-order valence-corrected chi connectivity index (χ2v) is 6.26. The number of nitrogens with zero attached hydrogens (tertiary/aromatic N) is 1. The molecule has 1 fully saturated rings. The van der Waals surface area contributed by atoms with E-state index in [0.717, 1.165) is 24.2 Å². The highest BCUT2D eigenvalue weighted by atomic mass is 16.5. The van der Waals surface area contributed by atoms with E-state index >= 15 is 0 Å². The second-order valence-electron chi connectivity index (χ2n) is 6.26. The molecule has 2 rings (SSSR count). The summed E-state index contributed by atoms with van der Waals surface area (Å²) >= 11 is 0. The number of amides is 2. The zero-order chi connectivity index (χ0) is 16.1. The van der Waals surface area contributed by atoms with Gasteiger partial charge in [-0.25, -0.2) is 4.79 Å². The van der Waals surface area contributed by atoms with Crippen LogP contribution in [0.15, 0.2) is 24.3 Å². The third kappa shape index (κ3) is 5.22. The van der Waals surface area contributed by atoms with Crippen LogP contribution in [0.25, 0.3) is 0 Å². The summed E-state index contributed by atoms with van der Waals surface area (Å²) in [6.45, 7) is 4.70. The molecule has 0 heterocycles. The number of aliphatic hydroxyl groups is 1. The van der Waals surface area contributed by atoms with E-state index in [1.165, 1.54) is 4.90 Å². The molecule has 2 N–H and O–H groups in total. The Morgan fingerprint density at radius 1 is 1.50 bits per heavy atom. The Bertz CT molecular complexity index is 502. The summed E-state index contributed by atoms with van der Waals surface area (Å²) in [7, 11) is 1.70. The summed E-state index contributed by atoms with van der Waals surface area (Å²) in [4.78, 5) is 13.6. The van der Waals surface area contributed by atoms with Crippen LogP contribution < -0.4 is 10.1 Å². The van der Waals surface area contributed by atoms with Gasteiger partial charge in [-0.2, -0.15) is 0 Å². The first-order chi connectivity index (χ1) is 10.5. The first kappa shape index (κ1) is 16.6. The maximum absolute atomic E-state index is 12.0. The molecule has 0 aliphatic heterocycles. The van der Waals surface area contributed by atoms with Crippen LogP contribution in [0.1, 0.15) is 25.3 Å². The molecule has 1 aliphatic rings. The van der Waals surface area contributed by atoms with E-state index < -0.39 is 6.10 Å². The Morgan fingerprint density at radius 3 is 2.86 bits per heavy atom. The Morgan fingerprint density at radius 2 is 2.23 bits per heavy atom. The van der Waals surface area contributed by atoms with Gasteiger partial charge in [0, 0.05) is 13.6 Å². The summed E-state index contributed by atoms with van der Waals surface area (Å²) in [5.41, 5.74) is 1.14. The Balaban J connectivity index is 1.71. The van der Waals surface area contributed by atoms with Crippen molar-refractivity contribution in [1.29, 1.82) is 0 Å². The molecule has 1 saturated carbocycles. The van der Waals surface area contributed by atoms with E-state index in [1.54, 1.807) is 7.05 Å². The number of carbonyl (C=O) groups excluding carboxylic acids is 1. The summed E-state index contributed by atoms with van der Waals surface area (Å²) < 4.78 is 5.68. The fraction of sp³-hybridized carbons (Fsp3) is 0.588. The number of carbonyl (C=O) groups is 1. The first-order valence-corrected chi connectivity index (χ1v) is 7.85. The molecule has 2 unspecified atom stereocenters. The van der Waals surface area contributed by atoms with E-state index in [-0.39, 0.29) is 12.1 Å². The van der Waals surface area contributed by atoms with Gasteiger partial charge in [0.05, 0.1) is 12.1 Å². The third-order valence-corrected chi connectivity index (χ3v) is 3.83. The van der Waals surface area contributed by atoms with Gasteiger partial charge in [-0.05, 0) is 50.3 Å². The van der Waals surface area contributed by atoms with Gasteiger partial charge in [0.25, 0.3) is 0 Å². The van der Waals surface area contributed by atoms with E-state index in [0.29, 0.717) is 19.1 Å². The monoisotopic (exact) mass is 306 g/mol. The van der Waals surface area contributed by atoms with Gasteiger partial charge < -0.3 is 20.1 Å². The first-order valence-electron chi connectivity index (χ1n) is 7.85. The molecule has 2 atom stereocenters. The summed E-state index contributed by atoms with van der Waals surface area (Å²) in [5, 5.41) is 12.8. The minimum atomic E-state index is -0.408. The van der Waals surface area contributed by atoms with Crippen molar-refractivity contribution < 1.29 is 14.6 Å². The number of urea groups is 1. The number of nitrogens with one attached hydrogen (secondary N) is 1. The lowest BCUT2D eigenvalue weighted by Gasteiger charge is -2.23. The summed E-state index contributed by atoms with van der Waals surface area (Å²) in [6.07, 6.45) is 1.73. The van der Waals surface area contributed by atoms with E-state index in [1.807, 2.05) is 38.1 Å². The predicted octanol–water partition coefficient (Wildman–Crippen LogP) is 2.17. The zero-order valence-electron chi connectivity index (χ0n) is 13.6. The standard InChI is InChI=1S/C17H26N2O3/c1-12-5-4-6-15(9-12)22-11-13(2)18-17(21)19(3)10-16(20)14-7-8-14/h4-6,9,13-14,16,20H,7-8,10-11H2,1-3H3,(H,18,21). The fourth-order valence-electron chi connectivity index (χ4n) is 2.28. The number of hydrogen-bond acceptors (Lipinski definition) is 3. The van der Waals surface area contributed by atoms with E-state index in [9.17, 15) is 9.90 Å². The van der Waals surface area contributed by atoms with Crippen LogP contribution in [0.2, 0.25) is 0 Å². The van der Waals surface area contributed by atoms with Gasteiger partial charge in [0.2, 0.25) is 0 Å². The van der Waals surface area contributed by atoms with Crippen molar-refractivity contribution in [1.82, 2.24) is 10.2 Å². The number of benzene rings is 1. The number of likely N-dealkylation sites (N-methyl/N-ethyl adjacent to an activating group) is 1. The van der Waals surface area contributed by atoms with Crippen LogP contribution in [0.3, 0.4) is 0 Å². The van der Waals surface area contributed by atoms with Crippen molar-refractivity contribution in [3.05, 3.63) is 29.8 Å². The Kier molecular flexibility index (Phi) is 5.66. The Labute approximate surface area is 132 Å². The lowest BCUT2D eigenvalue weighted by Crippen LogP contribution is -2.46. The minimum Gasteiger partial charge on any atom is -0.491 e. The SMILES string of the molecule is Cc1cccc(OCC(C)NC(=O)N(C)CC(O)C2CC2)c1. The van der Waals surface area contributed by atoms with Crippen LogP contribution in [0.5, 0.6) is 5.75 Å². The number of aliphatic hydroxyl groups excluding tert-OH is 1. The van der Waals surface area contributed by atoms with Gasteiger partial charge in [-0.1, -0.05) is 12.1 Å². The number of ether oxygens (including phenoxy) is 1. The van der Waals surface area contributed by atoms with Crippen molar-refractivity contribution in [2.45, 2.75) is 38.8 Å². The Hall–Kier alpha value is -1.75. The van der Waals surface area contributed by atoms with Crippen LogP contribution in [-0.4, -0.2) is 48.4 Å². The number of hydrogen-bond donors (Lipinski definition) is 2. The topological polar surface area (TPSA) is 61.8 Å². The summed E-state index contributed by atoms with van der Waals surface area (Å²) in [5.74, 6) is 1.18. The van der Waals surface area contributed by atoms with Crippen molar-refractivity contribution in [2.24, 2.45) is 5.92 Å². The second kappa shape index (κ2) is 7.49. The molecule has 5 nitrogen and oxygen atoms in total. The number of aryl methyl sites for hydroxylation is 1. The smallest absolute Gasteiger partial charge is 0.317 e. The largest absolute Gasteiger partial charge is 0.491 e. The van der Waals surface area contributed by atoms with E-state index in [2.05, 4.69) is 5.32 Å². The van der Waals surface area contributed by atoms with Crippen molar-refractivity contribution >= 4 is 6.03 Å². The molecule has 5 heteroatoms. The average molecular weight is 306 g/mol. The highest BCUT2D eigenvalue weighted by molar-refractivity contribution is 5.74. The van der Waals surface area contributed by atoms with Gasteiger partial charge >= 0.3 is 6.03 Å². The molecule has 0 bridgehead atoms. The fourth-order valence-corrected chi connectivity index (χ4v) is 2.28. The van der Waals surface area contributed by atoms with Crippen LogP contribution in [0, 0.1) is 12.8 Å². The molecule has 1 aliphatic carbocycles. The molecule has 0 saturated heterocycles. The summed E-state index contributed by atoms with van der Waals surface area (Å²) in [6, 6.07) is 7.54. The van der Waals surface area contributed by atoms with Gasteiger partial charge in [0.15, 0.2) is 0 Å². The molecular weight excluding hydrogens is 280 g/mol. The quantitative estimate of drug-likeness (QED) is 0.811. The molecule has 1 aromatic rings. The average Bonchev–Trinajstić information content (AvgIpc) is 3.29. The molecular formula is C17H26N2O3. The van der Waals surface area contributed by atoms with E-state index in [4.69, 9.17) is 4.74 Å². The van der Waals surface area contributed by atoms with Gasteiger partial charge in [-0.15, -0.1) is 0 Å². The van der Waals surface area contributed by atoms with Crippen molar-refractivity contribution in [2.75, 3.05) is 20.2 Å². The van der Waals surface area contributed by atoms with Crippen molar-refractivity contribution in [3.63, 3.8) is 0 Å². The molecule has 0 radical (unpaired) electrons. The lowest BCUT2D eigenvalue weighted by atomic mass is 10.2. The molecule has 122 valence electrons. The zero-order valence-corrected chi connectivity index (χ0v) is 13.6. The van der Waals surface area contributed by atoms with Crippen molar-refractivity contribution in [3.8, 4) is 5.75 Å². The van der Waals surface area contributed by atoms with Crippen LogP contribution >= 0.6 is 0 Å². The van der Waals surface area contributed by atoms with Crippen LogP contribution in [-0.2, 0) is 0 Å². The van der Waals surface area contributed by atoms with Crippen LogP contribution in [0.4, 0.5) is 4.79 Å². The molecule has 0 spiro atoms. The maximum Gasteiger partial charge on any atom is 0.317 e. The predicted molar refractivity (Wildman–Crippen MR) is 86.0 cm³/mol. The lowest BCUT2D eigenvalue weighted by molar-refractivity contribution is 0.112. The molecule has 2 amide bonds. The highest BCUT2D eigenvalue weighted by Crippen LogP contribution is 2.32. The number of rotatable bonds is 7. The molecule has 22 heavy (non-hydrogen) atoms. The third-order valence-electron chi connectivity index (χ3n) is 3.83. The normalized spacial score (nSPS) is 16.7. The molecule has 0 aromatic heterocycles. The maximum atomic E-state index is 12.0. The minimum absolute atomic E-state index is 0.103. The van der Waals surface area contributed by atoms with Gasteiger partial charge in [-0.3, -0.25) is 0 Å². The van der Waals surface area contributed by atoms with Gasteiger partial charge in [0.1, 0.15) is 12.4 Å².